The van der Waals surface area contributed by atoms with Crippen molar-refractivity contribution in [1.82, 2.24) is 4.90 Å². The summed E-state index contributed by atoms with van der Waals surface area (Å²) in [6, 6.07) is 8.45. The molecule has 1 atom stereocenters. The topological polar surface area (TPSA) is 38.5 Å². The maximum atomic E-state index is 5.93. The Kier molecular flexibility index (Phi) is 6.72. The average molecular weight is 327 g/mol. The summed E-state index contributed by atoms with van der Waals surface area (Å²) in [5, 5.41) is 0. The zero-order chi connectivity index (χ0) is 15.5. The SMILES string of the molecule is CC1(CN)CCN(CCOc2cccc(C(C)(C)C)c2)C1.Cl. The van der Waals surface area contributed by atoms with E-state index in [-0.39, 0.29) is 17.8 Å². The van der Waals surface area contributed by atoms with Gasteiger partial charge in [0.05, 0.1) is 0 Å². The fourth-order valence-electron chi connectivity index (χ4n) is 2.83. The highest BCUT2D eigenvalue weighted by Crippen LogP contribution is 2.28. The predicted molar refractivity (Wildman–Crippen MR) is 96.1 cm³/mol. The number of rotatable bonds is 5. The van der Waals surface area contributed by atoms with Gasteiger partial charge in [-0.1, -0.05) is 39.8 Å². The summed E-state index contributed by atoms with van der Waals surface area (Å²) in [7, 11) is 0. The molecule has 0 radical (unpaired) electrons. The van der Waals surface area contributed by atoms with Gasteiger partial charge in [0.25, 0.3) is 0 Å². The van der Waals surface area contributed by atoms with Crippen LogP contribution in [0, 0.1) is 5.41 Å². The third-order valence-corrected chi connectivity index (χ3v) is 4.51. The molecule has 2 N–H and O–H groups in total. The van der Waals surface area contributed by atoms with Crippen molar-refractivity contribution >= 4 is 12.4 Å². The number of hydrogen-bond donors (Lipinski definition) is 1. The van der Waals surface area contributed by atoms with Gasteiger partial charge in [-0.3, -0.25) is 4.90 Å². The van der Waals surface area contributed by atoms with Crippen LogP contribution in [0.2, 0.25) is 0 Å². The Balaban J connectivity index is 0.00000242. The molecular weight excluding hydrogens is 296 g/mol. The fourth-order valence-corrected chi connectivity index (χ4v) is 2.83. The van der Waals surface area contributed by atoms with Crippen molar-refractivity contribution < 1.29 is 4.74 Å². The quantitative estimate of drug-likeness (QED) is 0.900. The Morgan fingerprint density at radius 1 is 1.32 bits per heavy atom. The molecule has 3 nitrogen and oxygen atoms in total. The van der Waals surface area contributed by atoms with E-state index in [1.165, 1.54) is 12.0 Å². The maximum absolute atomic E-state index is 5.93. The number of halogens is 1. The summed E-state index contributed by atoms with van der Waals surface area (Å²) in [5.74, 6) is 0.975. The van der Waals surface area contributed by atoms with Crippen molar-refractivity contribution in [2.75, 3.05) is 32.8 Å². The van der Waals surface area contributed by atoms with E-state index in [2.05, 4.69) is 50.8 Å². The van der Waals surface area contributed by atoms with E-state index in [1.54, 1.807) is 0 Å². The van der Waals surface area contributed by atoms with Crippen LogP contribution in [-0.4, -0.2) is 37.7 Å². The van der Waals surface area contributed by atoms with Crippen LogP contribution >= 0.6 is 12.4 Å². The molecule has 1 aromatic rings. The molecule has 1 aliphatic rings. The number of benzene rings is 1. The first-order chi connectivity index (χ1) is 9.82. The minimum Gasteiger partial charge on any atom is -0.492 e. The number of nitrogens with zero attached hydrogens (tertiary/aromatic N) is 1. The lowest BCUT2D eigenvalue weighted by molar-refractivity contribution is 0.219. The lowest BCUT2D eigenvalue weighted by atomic mass is 9.87. The molecule has 0 bridgehead atoms. The summed E-state index contributed by atoms with van der Waals surface area (Å²) < 4.78 is 5.93. The number of nitrogens with two attached hydrogens (primary N) is 1. The van der Waals surface area contributed by atoms with Crippen molar-refractivity contribution in [3.63, 3.8) is 0 Å². The molecule has 0 spiro atoms. The van der Waals surface area contributed by atoms with E-state index in [4.69, 9.17) is 10.5 Å². The maximum Gasteiger partial charge on any atom is 0.119 e. The Morgan fingerprint density at radius 2 is 2.05 bits per heavy atom. The highest BCUT2D eigenvalue weighted by molar-refractivity contribution is 5.85. The summed E-state index contributed by atoms with van der Waals surface area (Å²) in [6.07, 6.45) is 1.20. The van der Waals surface area contributed by atoms with E-state index < -0.39 is 0 Å². The molecule has 1 heterocycles. The van der Waals surface area contributed by atoms with Crippen LogP contribution < -0.4 is 10.5 Å². The van der Waals surface area contributed by atoms with Crippen LogP contribution in [0.15, 0.2) is 24.3 Å². The zero-order valence-corrected chi connectivity index (χ0v) is 15.2. The highest BCUT2D eigenvalue weighted by Gasteiger charge is 2.31. The molecule has 1 aliphatic heterocycles. The van der Waals surface area contributed by atoms with Crippen molar-refractivity contribution in [1.29, 1.82) is 0 Å². The van der Waals surface area contributed by atoms with E-state index in [0.717, 1.165) is 38.5 Å². The van der Waals surface area contributed by atoms with Gasteiger partial charge in [0.1, 0.15) is 12.4 Å². The standard InChI is InChI=1S/C18H30N2O.ClH/c1-17(2,3)15-6-5-7-16(12-15)21-11-10-20-9-8-18(4,13-19)14-20;/h5-7,12H,8-11,13-14,19H2,1-4H3;1H. The van der Waals surface area contributed by atoms with Gasteiger partial charge in [0.15, 0.2) is 0 Å². The molecule has 1 unspecified atom stereocenters. The smallest absolute Gasteiger partial charge is 0.119 e. The van der Waals surface area contributed by atoms with Crippen molar-refractivity contribution in [2.45, 2.75) is 39.5 Å². The molecular formula is C18H31ClN2O. The van der Waals surface area contributed by atoms with Crippen molar-refractivity contribution in [2.24, 2.45) is 11.1 Å². The second kappa shape index (κ2) is 7.67. The Labute approximate surface area is 141 Å². The molecule has 1 saturated heterocycles. The lowest BCUT2D eigenvalue weighted by Gasteiger charge is -2.23. The van der Waals surface area contributed by atoms with E-state index in [9.17, 15) is 0 Å². The third kappa shape index (κ3) is 5.15. The van der Waals surface area contributed by atoms with Crippen LogP contribution in [0.25, 0.3) is 0 Å². The van der Waals surface area contributed by atoms with Gasteiger partial charge in [-0.2, -0.15) is 0 Å². The van der Waals surface area contributed by atoms with Gasteiger partial charge in [-0.15, -0.1) is 12.4 Å². The average Bonchev–Trinajstić information content (AvgIpc) is 2.81. The molecule has 4 heteroatoms. The van der Waals surface area contributed by atoms with Gasteiger partial charge in [-0.05, 0) is 48.0 Å². The van der Waals surface area contributed by atoms with E-state index in [0.29, 0.717) is 5.41 Å². The molecule has 0 aromatic heterocycles. The summed E-state index contributed by atoms with van der Waals surface area (Å²) >= 11 is 0. The molecule has 0 amide bonds. The highest BCUT2D eigenvalue weighted by atomic mass is 35.5. The molecule has 1 aromatic carbocycles. The second-order valence-electron chi connectivity index (χ2n) is 7.67. The first-order valence-electron chi connectivity index (χ1n) is 7.98. The molecule has 22 heavy (non-hydrogen) atoms. The summed E-state index contributed by atoms with van der Waals surface area (Å²) in [5.41, 5.74) is 7.63. The van der Waals surface area contributed by atoms with Gasteiger partial charge in [0, 0.05) is 13.1 Å². The van der Waals surface area contributed by atoms with Gasteiger partial charge < -0.3 is 10.5 Å². The largest absolute Gasteiger partial charge is 0.492 e. The molecule has 0 saturated carbocycles. The lowest BCUT2D eigenvalue weighted by Crippen LogP contribution is -2.33. The Bertz CT molecular complexity index is 472. The first kappa shape index (κ1) is 19.3. The third-order valence-electron chi connectivity index (χ3n) is 4.51. The van der Waals surface area contributed by atoms with Crippen molar-refractivity contribution in [3.05, 3.63) is 29.8 Å². The second-order valence-corrected chi connectivity index (χ2v) is 7.67. The monoisotopic (exact) mass is 326 g/mol. The predicted octanol–water partition coefficient (Wildman–Crippen LogP) is 3.46. The zero-order valence-electron chi connectivity index (χ0n) is 14.4. The molecule has 1 fully saturated rings. The van der Waals surface area contributed by atoms with Crippen LogP contribution in [-0.2, 0) is 5.41 Å². The van der Waals surface area contributed by atoms with E-state index >= 15 is 0 Å². The van der Waals surface area contributed by atoms with Crippen LogP contribution in [0.1, 0.15) is 39.7 Å². The molecule has 2 rings (SSSR count). The summed E-state index contributed by atoms with van der Waals surface area (Å²) in [6.45, 7) is 13.7. The van der Waals surface area contributed by atoms with Crippen LogP contribution in [0.3, 0.4) is 0 Å². The van der Waals surface area contributed by atoms with Gasteiger partial charge in [-0.25, -0.2) is 0 Å². The minimum atomic E-state index is 0. The van der Waals surface area contributed by atoms with Gasteiger partial charge in [0.2, 0.25) is 0 Å². The van der Waals surface area contributed by atoms with Crippen molar-refractivity contribution in [3.8, 4) is 5.75 Å². The summed E-state index contributed by atoms with van der Waals surface area (Å²) in [4.78, 5) is 2.46. The van der Waals surface area contributed by atoms with Crippen LogP contribution in [0.5, 0.6) is 5.75 Å². The normalized spacial score (nSPS) is 22.4. The first-order valence-corrected chi connectivity index (χ1v) is 7.98. The number of likely N-dealkylation sites (tertiary alicyclic amines) is 1. The number of hydrogen-bond acceptors (Lipinski definition) is 3. The number of ether oxygens (including phenoxy) is 1. The molecule has 0 aliphatic carbocycles. The fraction of sp³-hybridized carbons (Fsp3) is 0.667. The Morgan fingerprint density at radius 3 is 2.64 bits per heavy atom. The Hall–Kier alpha value is -0.770. The van der Waals surface area contributed by atoms with Gasteiger partial charge >= 0.3 is 0 Å². The molecule has 126 valence electrons. The van der Waals surface area contributed by atoms with E-state index in [1.807, 2.05) is 6.07 Å². The van der Waals surface area contributed by atoms with Crippen LogP contribution in [0.4, 0.5) is 0 Å². The minimum absolute atomic E-state index is 0.